The Kier molecular flexibility index (Phi) is 4.77. The molecule has 1 aromatic carbocycles. The first-order valence-corrected chi connectivity index (χ1v) is 8.44. The van der Waals surface area contributed by atoms with E-state index >= 15 is 0 Å². The molecule has 0 spiro atoms. The molecule has 1 unspecified atom stereocenters. The van der Waals surface area contributed by atoms with E-state index in [-0.39, 0.29) is 6.04 Å². The summed E-state index contributed by atoms with van der Waals surface area (Å²) in [5.41, 5.74) is 8.91. The van der Waals surface area contributed by atoms with Crippen LogP contribution in [0.4, 0.5) is 0 Å². The Balaban J connectivity index is 2.08. The topological polar surface area (TPSA) is 35.2 Å². The maximum atomic E-state index is 6.17. The molecule has 1 aromatic rings. The summed E-state index contributed by atoms with van der Waals surface area (Å²) in [6, 6.07) is 11.2. The Morgan fingerprint density at radius 3 is 2.88 bits per heavy atom. The molecule has 17 heavy (non-hydrogen) atoms. The first-order chi connectivity index (χ1) is 8.31. The summed E-state index contributed by atoms with van der Waals surface area (Å²) in [5, 5.41) is 0. The molecular weight excluding hydrogens is 226 g/mol. The second kappa shape index (κ2) is 6.33. The van der Waals surface area contributed by atoms with E-state index in [4.69, 9.17) is 10.2 Å². The Hall–Kier alpha value is -0.643. The van der Waals surface area contributed by atoms with Crippen molar-refractivity contribution in [3.63, 3.8) is 0 Å². The highest BCUT2D eigenvalue weighted by Crippen LogP contribution is 2.22. The highest BCUT2D eigenvalue weighted by molar-refractivity contribution is 6.51. The van der Waals surface area contributed by atoms with Crippen molar-refractivity contribution in [2.24, 2.45) is 5.73 Å². The van der Waals surface area contributed by atoms with Gasteiger partial charge >= 0.3 is 0 Å². The van der Waals surface area contributed by atoms with Crippen molar-refractivity contribution in [1.29, 1.82) is 0 Å². The normalized spacial score (nSPS) is 19.2. The predicted molar refractivity (Wildman–Crippen MR) is 73.1 cm³/mol. The molecular formula is C14H22NOSi. The van der Waals surface area contributed by atoms with E-state index in [2.05, 4.69) is 31.2 Å². The zero-order chi connectivity index (χ0) is 12.1. The zero-order valence-corrected chi connectivity index (χ0v) is 11.6. The number of rotatable bonds is 4. The molecule has 1 atom stereocenters. The van der Waals surface area contributed by atoms with Gasteiger partial charge in [0.1, 0.15) is 0 Å². The van der Waals surface area contributed by atoms with Crippen molar-refractivity contribution in [3.05, 3.63) is 35.4 Å². The molecule has 0 aromatic heterocycles. The van der Waals surface area contributed by atoms with Gasteiger partial charge in [-0.05, 0) is 36.1 Å². The molecule has 0 bridgehead atoms. The van der Waals surface area contributed by atoms with Crippen LogP contribution in [0.15, 0.2) is 24.3 Å². The van der Waals surface area contributed by atoms with Crippen molar-refractivity contribution in [3.8, 4) is 0 Å². The van der Waals surface area contributed by atoms with Gasteiger partial charge in [-0.2, -0.15) is 0 Å². The molecule has 0 aliphatic carbocycles. The molecule has 1 aliphatic heterocycles. The zero-order valence-electron chi connectivity index (χ0n) is 10.6. The van der Waals surface area contributed by atoms with Crippen molar-refractivity contribution in [2.45, 2.75) is 44.3 Å². The van der Waals surface area contributed by atoms with Crippen LogP contribution in [0, 0.1) is 0 Å². The molecule has 93 valence electrons. The Labute approximate surface area is 106 Å². The molecule has 1 heterocycles. The lowest BCUT2D eigenvalue weighted by Gasteiger charge is -2.22. The fourth-order valence-electron chi connectivity index (χ4n) is 2.34. The van der Waals surface area contributed by atoms with Gasteiger partial charge in [0.2, 0.25) is 9.04 Å². The summed E-state index contributed by atoms with van der Waals surface area (Å²) < 4.78 is 5.91. The van der Waals surface area contributed by atoms with Gasteiger partial charge in [-0.15, -0.1) is 0 Å². The van der Waals surface area contributed by atoms with Crippen molar-refractivity contribution in [2.75, 3.05) is 6.61 Å². The summed E-state index contributed by atoms with van der Waals surface area (Å²) in [5.74, 6) is 0. The highest BCUT2D eigenvalue weighted by atomic mass is 28.3. The summed E-state index contributed by atoms with van der Waals surface area (Å²) in [7, 11) is -0.619. The summed E-state index contributed by atoms with van der Waals surface area (Å²) >= 11 is 0. The Morgan fingerprint density at radius 1 is 1.35 bits per heavy atom. The lowest BCUT2D eigenvalue weighted by Crippen LogP contribution is -2.27. The van der Waals surface area contributed by atoms with Gasteiger partial charge < -0.3 is 10.2 Å². The molecule has 1 saturated heterocycles. The average Bonchev–Trinajstić information content (AvgIpc) is 2.40. The molecule has 1 fully saturated rings. The summed E-state index contributed by atoms with van der Waals surface area (Å²) in [6.45, 7) is 3.11. The number of nitrogens with two attached hydrogens (primary N) is 1. The first kappa shape index (κ1) is 12.8. The summed E-state index contributed by atoms with van der Waals surface area (Å²) in [4.78, 5) is 0. The van der Waals surface area contributed by atoms with Crippen LogP contribution in [-0.2, 0) is 10.5 Å². The minimum Gasteiger partial charge on any atom is -0.416 e. The average molecular weight is 248 g/mol. The third kappa shape index (κ3) is 3.41. The van der Waals surface area contributed by atoms with E-state index in [1.807, 2.05) is 0 Å². The van der Waals surface area contributed by atoms with E-state index < -0.39 is 9.04 Å². The lowest BCUT2D eigenvalue weighted by molar-refractivity contribution is 0.286. The first-order valence-electron chi connectivity index (χ1n) is 6.62. The molecule has 2 rings (SSSR count). The van der Waals surface area contributed by atoms with Crippen LogP contribution in [0.3, 0.4) is 0 Å². The molecule has 1 radical (unpaired) electrons. The maximum absolute atomic E-state index is 6.17. The second-order valence-electron chi connectivity index (χ2n) is 4.73. The Bertz CT molecular complexity index is 350. The lowest BCUT2D eigenvalue weighted by atomic mass is 10.0. The van der Waals surface area contributed by atoms with E-state index in [9.17, 15) is 0 Å². The SMILES string of the molecule is CCC(N)c1ccccc1C[Si]1CCCCO1. The van der Waals surface area contributed by atoms with E-state index in [0.717, 1.165) is 19.1 Å². The highest BCUT2D eigenvalue weighted by Gasteiger charge is 2.20. The number of hydrogen-bond acceptors (Lipinski definition) is 2. The Morgan fingerprint density at radius 2 is 2.18 bits per heavy atom. The molecule has 0 amide bonds. The fourth-order valence-corrected chi connectivity index (χ4v) is 4.59. The van der Waals surface area contributed by atoms with Gasteiger partial charge in [-0.25, -0.2) is 0 Å². The standard InChI is InChI=1S/C14H22NOSi/c1-2-14(15)13-8-4-3-7-12(13)11-17-10-6-5-9-16-17/h3-4,7-8,14H,2,5-6,9-11,15H2,1H3. The minimum absolute atomic E-state index is 0.178. The molecule has 2 nitrogen and oxygen atoms in total. The third-order valence-corrected chi connectivity index (χ3v) is 5.74. The van der Waals surface area contributed by atoms with Gasteiger partial charge in [0.15, 0.2) is 0 Å². The number of benzene rings is 1. The maximum Gasteiger partial charge on any atom is 0.215 e. The van der Waals surface area contributed by atoms with Crippen molar-refractivity contribution < 1.29 is 4.43 Å². The largest absolute Gasteiger partial charge is 0.416 e. The number of hydrogen-bond donors (Lipinski definition) is 1. The predicted octanol–water partition coefficient (Wildman–Crippen LogP) is 2.98. The molecule has 3 heteroatoms. The fraction of sp³-hybridized carbons (Fsp3) is 0.571. The van der Waals surface area contributed by atoms with Crippen LogP contribution in [0.25, 0.3) is 0 Å². The monoisotopic (exact) mass is 248 g/mol. The van der Waals surface area contributed by atoms with Gasteiger partial charge in [-0.3, -0.25) is 0 Å². The second-order valence-corrected chi connectivity index (χ2v) is 6.95. The van der Waals surface area contributed by atoms with Crippen LogP contribution in [-0.4, -0.2) is 15.6 Å². The quantitative estimate of drug-likeness (QED) is 0.831. The van der Waals surface area contributed by atoms with E-state index in [0.29, 0.717) is 0 Å². The van der Waals surface area contributed by atoms with Crippen molar-refractivity contribution >= 4 is 9.04 Å². The van der Waals surface area contributed by atoms with Gasteiger partial charge in [0.25, 0.3) is 0 Å². The van der Waals surface area contributed by atoms with Gasteiger partial charge in [-0.1, -0.05) is 37.6 Å². The molecule has 1 aliphatic rings. The van der Waals surface area contributed by atoms with Gasteiger partial charge in [0, 0.05) is 12.6 Å². The van der Waals surface area contributed by atoms with Crippen LogP contribution >= 0.6 is 0 Å². The molecule has 2 N–H and O–H groups in total. The van der Waals surface area contributed by atoms with Crippen LogP contribution in [0.2, 0.25) is 6.04 Å². The van der Waals surface area contributed by atoms with Crippen LogP contribution in [0.1, 0.15) is 43.4 Å². The van der Waals surface area contributed by atoms with Crippen molar-refractivity contribution in [1.82, 2.24) is 0 Å². The summed E-state index contributed by atoms with van der Waals surface area (Å²) in [6.07, 6.45) is 3.58. The smallest absolute Gasteiger partial charge is 0.215 e. The van der Waals surface area contributed by atoms with Crippen LogP contribution in [0.5, 0.6) is 0 Å². The third-order valence-electron chi connectivity index (χ3n) is 3.44. The minimum atomic E-state index is -0.619. The van der Waals surface area contributed by atoms with Gasteiger partial charge in [0.05, 0.1) is 0 Å². The molecule has 0 saturated carbocycles. The van der Waals surface area contributed by atoms with E-state index in [1.165, 1.54) is 30.0 Å². The van der Waals surface area contributed by atoms with E-state index in [1.54, 1.807) is 0 Å². The van der Waals surface area contributed by atoms with Crippen LogP contribution < -0.4 is 5.73 Å².